The first-order chi connectivity index (χ1) is 12.5. The Hall–Kier alpha value is -1.97. The Morgan fingerprint density at radius 2 is 1.78 bits per heavy atom. The Morgan fingerprint density at radius 3 is 2.37 bits per heavy atom. The molecule has 148 valence electrons. The minimum absolute atomic E-state index is 0. The Kier molecular flexibility index (Phi) is 9.98. The number of aliphatic imine (C=N–C) groups is 1. The maximum absolute atomic E-state index is 12.3. The summed E-state index contributed by atoms with van der Waals surface area (Å²) in [6, 6.07) is 9.55. The molecule has 3 N–H and O–H groups in total. The fraction of sp³-hybridized carbons (Fsp3) is 0.368. The Balaban J connectivity index is 0.00000364. The van der Waals surface area contributed by atoms with Gasteiger partial charge in [-0.25, -0.2) is 18.8 Å². The van der Waals surface area contributed by atoms with E-state index in [1.807, 2.05) is 18.2 Å². The predicted molar refractivity (Wildman–Crippen MR) is 115 cm³/mol. The molecule has 0 aliphatic rings. The number of ether oxygens (including phenoxy) is 1. The molecule has 8 heteroatoms. The minimum Gasteiger partial charge on any atom is -0.471 e. The molecule has 0 saturated heterocycles. The third kappa shape index (κ3) is 6.93. The van der Waals surface area contributed by atoms with Crippen LogP contribution in [0.3, 0.4) is 0 Å². The number of alkyl halides is 2. The lowest BCUT2D eigenvalue weighted by Crippen LogP contribution is -2.24. The van der Waals surface area contributed by atoms with E-state index in [2.05, 4.69) is 29.1 Å². The maximum atomic E-state index is 12.3. The first-order valence-electron chi connectivity index (χ1n) is 8.57. The van der Waals surface area contributed by atoms with Crippen LogP contribution in [0.2, 0.25) is 0 Å². The zero-order chi connectivity index (χ0) is 18.9. The topological polar surface area (TPSA) is 72.5 Å². The third-order valence-electron chi connectivity index (χ3n) is 3.87. The van der Waals surface area contributed by atoms with Crippen molar-refractivity contribution in [3.8, 4) is 5.88 Å². The monoisotopic (exact) mass is 490 g/mol. The van der Waals surface area contributed by atoms with E-state index in [0.717, 1.165) is 29.7 Å². The summed E-state index contributed by atoms with van der Waals surface area (Å²) in [5, 5.41) is 3.17. The van der Waals surface area contributed by atoms with E-state index < -0.39 is 13.0 Å². The number of anilines is 1. The van der Waals surface area contributed by atoms with E-state index in [9.17, 15) is 8.78 Å². The Labute approximate surface area is 175 Å². The molecule has 0 bridgehead atoms. The van der Waals surface area contributed by atoms with E-state index in [-0.39, 0.29) is 42.4 Å². The molecular formula is C19H25F2IN4O. The standard InChI is InChI=1S/C19H24F2N4O.HI/c1-3-13-7-5-8-14(4-2)17(13)25-19(22)24-11-15-9-6-10-23-18(15)26-12-16(20)21;/h5-10,16H,3-4,11-12H2,1-2H3,(H3,22,24,25);1H. The van der Waals surface area contributed by atoms with Crippen molar-refractivity contribution in [3.63, 3.8) is 0 Å². The lowest BCUT2D eigenvalue weighted by molar-refractivity contribution is 0.0791. The summed E-state index contributed by atoms with van der Waals surface area (Å²) in [5.74, 6) is 0.400. The van der Waals surface area contributed by atoms with Gasteiger partial charge < -0.3 is 15.8 Å². The van der Waals surface area contributed by atoms with Crippen molar-refractivity contribution in [2.75, 3.05) is 11.9 Å². The SMILES string of the molecule is CCc1cccc(CC)c1NC(N)=NCc1cccnc1OCC(F)F.I. The first kappa shape index (κ1) is 23.1. The number of rotatable bonds is 8. The van der Waals surface area contributed by atoms with E-state index in [0.29, 0.717) is 5.56 Å². The van der Waals surface area contributed by atoms with Gasteiger partial charge in [-0.05, 0) is 30.0 Å². The van der Waals surface area contributed by atoms with Crippen LogP contribution >= 0.6 is 24.0 Å². The summed E-state index contributed by atoms with van der Waals surface area (Å²) in [7, 11) is 0. The van der Waals surface area contributed by atoms with Gasteiger partial charge in [-0.1, -0.05) is 38.1 Å². The van der Waals surface area contributed by atoms with Crippen LogP contribution in [-0.2, 0) is 19.4 Å². The number of nitrogens with two attached hydrogens (primary N) is 1. The lowest BCUT2D eigenvalue weighted by atomic mass is 10.0. The van der Waals surface area contributed by atoms with E-state index >= 15 is 0 Å². The number of guanidine groups is 1. The molecule has 5 nitrogen and oxygen atoms in total. The van der Waals surface area contributed by atoms with Gasteiger partial charge in [-0.2, -0.15) is 0 Å². The number of hydrogen-bond acceptors (Lipinski definition) is 3. The normalized spacial score (nSPS) is 11.2. The van der Waals surface area contributed by atoms with E-state index in [4.69, 9.17) is 10.5 Å². The second-order valence-corrected chi connectivity index (χ2v) is 5.65. The van der Waals surface area contributed by atoms with Crippen LogP contribution in [-0.4, -0.2) is 24.0 Å². The number of nitrogens with zero attached hydrogens (tertiary/aromatic N) is 2. The number of hydrogen-bond donors (Lipinski definition) is 2. The largest absolute Gasteiger partial charge is 0.471 e. The van der Waals surface area contributed by atoms with Crippen molar-refractivity contribution in [1.29, 1.82) is 0 Å². The molecule has 0 amide bonds. The summed E-state index contributed by atoms with van der Waals surface area (Å²) >= 11 is 0. The van der Waals surface area contributed by atoms with Gasteiger partial charge in [-0.3, -0.25) is 0 Å². The predicted octanol–water partition coefficient (Wildman–Crippen LogP) is 4.40. The third-order valence-corrected chi connectivity index (χ3v) is 3.87. The van der Waals surface area contributed by atoms with Crippen molar-refractivity contribution in [1.82, 2.24) is 4.98 Å². The number of nitrogens with one attached hydrogen (secondary N) is 1. The van der Waals surface area contributed by atoms with Crippen molar-refractivity contribution in [2.24, 2.45) is 10.7 Å². The van der Waals surface area contributed by atoms with Crippen molar-refractivity contribution < 1.29 is 13.5 Å². The Bertz CT molecular complexity index is 734. The minimum atomic E-state index is -2.56. The summed E-state index contributed by atoms with van der Waals surface area (Å²) in [6.45, 7) is 3.64. The summed E-state index contributed by atoms with van der Waals surface area (Å²) in [5.41, 5.74) is 9.91. The quantitative estimate of drug-likeness (QED) is 0.327. The zero-order valence-corrected chi connectivity index (χ0v) is 17.7. The summed E-state index contributed by atoms with van der Waals surface area (Å²) < 4.78 is 29.7. The van der Waals surface area contributed by atoms with Crippen LogP contribution < -0.4 is 15.8 Å². The molecule has 2 aromatic rings. The average Bonchev–Trinajstić information content (AvgIpc) is 2.65. The van der Waals surface area contributed by atoms with Crippen LogP contribution in [0.4, 0.5) is 14.5 Å². The molecule has 0 saturated carbocycles. The highest BCUT2D eigenvalue weighted by Gasteiger charge is 2.10. The van der Waals surface area contributed by atoms with Crippen molar-refractivity contribution >= 4 is 35.6 Å². The molecule has 2 rings (SSSR count). The maximum Gasteiger partial charge on any atom is 0.272 e. The van der Waals surface area contributed by atoms with Gasteiger partial charge in [-0.15, -0.1) is 24.0 Å². The fourth-order valence-electron chi connectivity index (χ4n) is 2.56. The molecule has 1 aromatic heterocycles. The lowest BCUT2D eigenvalue weighted by Gasteiger charge is -2.15. The van der Waals surface area contributed by atoms with Crippen molar-refractivity contribution in [3.05, 3.63) is 53.2 Å². The molecule has 0 spiro atoms. The molecule has 1 heterocycles. The summed E-state index contributed by atoms with van der Waals surface area (Å²) in [6.07, 6.45) is 0.675. The average molecular weight is 490 g/mol. The number of pyridine rings is 1. The first-order valence-corrected chi connectivity index (χ1v) is 8.57. The second-order valence-electron chi connectivity index (χ2n) is 5.65. The zero-order valence-electron chi connectivity index (χ0n) is 15.4. The molecule has 0 aliphatic heterocycles. The molecule has 0 atom stereocenters. The van der Waals surface area contributed by atoms with Gasteiger partial charge in [0.05, 0.1) is 6.54 Å². The van der Waals surface area contributed by atoms with E-state index in [1.165, 1.54) is 6.20 Å². The molecule has 1 aromatic carbocycles. The number of para-hydroxylation sites is 1. The van der Waals surface area contributed by atoms with Gasteiger partial charge in [0.25, 0.3) is 6.43 Å². The molecule has 0 fully saturated rings. The number of benzene rings is 1. The molecule has 27 heavy (non-hydrogen) atoms. The van der Waals surface area contributed by atoms with Gasteiger partial charge >= 0.3 is 0 Å². The molecule has 0 unspecified atom stereocenters. The smallest absolute Gasteiger partial charge is 0.272 e. The fourth-order valence-corrected chi connectivity index (χ4v) is 2.56. The highest BCUT2D eigenvalue weighted by Crippen LogP contribution is 2.22. The van der Waals surface area contributed by atoms with Gasteiger partial charge in [0.1, 0.15) is 0 Å². The summed E-state index contributed by atoms with van der Waals surface area (Å²) in [4.78, 5) is 8.29. The molecule has 0 aliphatic carbocycles. The number of halogens is 3. The number of aryl methyl sites for hydroxylation is 2. The van der Waals surface area contributed by atoms with Crippen LogP contribution in [0, 0.1) is 0 Å². The van der Waals surface area contributed by atoms with Gasteiger partial charge in [0.15, 0.2) is 12.6 Å². The van der Waals surface area contributed by atoms with Crippen LogP contribution in [0.15, 0.2) is 41.5 Å². The number of aromatic nitrogens is 1. The Morgan fingerprint density at radius 1 is 1.15 bits per heavy atom. The van der Waals surface area contributed by atoms with Crippen LogP contribution in [0.25, 0.3) is 0 Å². The molecule has 0 radical (unpaired) electrons. The second kappa shape index (κ2) is 11.7. The van der Waals surface area contributed by atoms with Crippen LogP contribution in [0.5, 0.6) is 5.88 Å². The van der Waals surface area contributed by atoms with Gasteiger partial charge in [0, 0.05) is 17.4 Å². The van der Waals surface area contributed by atoms with E-state index in [1.54, 1.807) is 12.1 Å². The highest BCUT2D eigenvalue weighted by atomic mass is 127. The molecular weight excluding hydrogens is 465 g/mol. The highest BCUT2D eigenvalue weighted by molar-refractivity contribution is 14.0. The van der Waals surface area contributed by atoms with Crippen LogP contribution in [0.1, 0.15) is 30.5 Å². The van der Waals surface area contributed by atoms with Crippen molar-refractivity contribution in [2.45, 2.75) is 39.7 Å². The van der Waals surface area contributed by atoms with Gasteiger partial charge in [0.2, 0.25) is 5.88 Å².